The summed E-state index contributed by atoms with van der Waals surface area (Å²) in [4.78, 5) is 0. The Kier molecular flexibility index (Phi) is 6.62. The van der Waals surface area contributed by atoms with Gasteiger partial charge in [0.15, 0.2) is 0 Å². The minimum Gasteiger partial charge on any atom is -0.207 e. The van der Waals surface area contributed by atoms with Crippen molar-refractivity contribution in [2.75, 3.05) is 0 Å². The predicted molar refractivity (Wildman–Crippen MR) is 105 cm³/mol. The lowest BCUT2D eigenvalue weighted by Gasteiger charge is -2.32. The Bertz CT molecular complexity index is 737. The van der Waals surface area contributed by atoms with Crippen molar-refractivity contribution >= 4 is 0 Å². The topological polar surface area (TPSA) is 0 Å². The normalized spacial score (nSPS) is 21.2. The first kappa shape index (κ1) is 20.0. The van der Waals surface area contributed by atoms with Crippen LogP contribution in [0.25, 0.3) is 11.1 Å². The third kappa shape index (κ3) is 4.94. The summed E-state index contributed by atoms with van der Waals surface area (Å²) in [6, 6.07) is 8.27. The van der Waals surface area contributed by atoms with Gasteiger partial charge >= 0.3 is 0 Å². The van der Waals surface area contributed by atoms with E-state index in [1.165, 1.54) is 74.9 Å². The van der Waals surface area contributed by atoms with Crippen LogP contribution in [0.15, 0.2) is 36.4 Å². The van der Waals surface area contributed by atoms with Crippen LogP contribution in [0, 0.1) is 35.2 Å². The first-order valence-corrected chi connectivity index (χ1v) is 10.2. The average molecular weight is 374 g/mol. The largest absolute Gasteiger partial charge is 0.207 e. The van der Waals surface area contributed by atoms with Gasteiger partial charge in [0.1, 0.15) is 17.5 Å². The first-order chi connectivity index (χ1) is 13.0. The van der Waals surface area contributed by atoms with Gasteiger partial charge in [-0.3, -0.25) is 0 Å². The van der Waals surface area contributed by atoms with Gasteiger partial charge in [-0.1, -0.05) is 51.7 Å². The molecule has 1 saturated carbocycles. The highest BCUT2D eigenvalue weighted by atomic mass is 19.1. The van der Waals surface area contributed by atoms with Crippen molar-refractivity contribution in [1.82, 2.24) is 0 Å². The van der Waals surface area contributed by atoms with Crippen molar-refractivity contribution in [3.05, 3.63) is 59.4 Å². The molecule has 0 amide bonds. The molecule has 1 atom stereocenters. The van der Waals surface area contributed by atoms with Gasteiger partial charge in [0.05, 0.1) is 5.56 Å². The van der Waals surface area contributed by atoms with E-state index in [2.05, 4.69) is 13.8 Å². The molecule has 3 rings (SSSR count). The standard InChI is InChI=1S/C24H29F3/c1-3-5-17-8-10-19(11-9-17)16(2)12-18-13-22(26)24(23(27)14-18)20-6-4-7-21(25)15-20/h4,6-7,13-17,19H,3,5,8-12H2,1-2H3. The highest BCUT2D eigenvalue weighted by Gasteiger charge is 2.25. The van der Waals surface area contributed by atoms with Crippen LogP contribution in [-0.4, -0.2) is 0 Å². The Labute approximate surface area is 160 Å². The molecule has 0 nitrogen and oxygen atoms in total. The molecule has 2 aromatic carbocycles. The lowest BCUT2D eigenvalue weighted by atomic mass is 9.73. The zero-order chi connectivity index (χ0) is 19.4. The minimum atomic E-state index is -0.616. The maximum absolute atomic E-state index is 14.6. The van der Waals surface area contributed by atoms with Gasteiger partial charge in [0.2, 0.25) is 0 Å². The van der Waals surface area contributed by atoms with Crippen LogP contribution in [0.1, 0.15) is 57.9 Å². The van der Waals surface area contributed by atoms with Crippen LogP contribution in [0.3, 0.4) is 0 Å². The van der Waals surface area contributed by atoms with Crippen LogP contribution >= 0.6 is 0 Å². The smallest absolute Gasteiger partial charge is 0.134 e. The zero-order valence-corrected chi connectivity index (χ0v) is 16.3. The van der Waals surface area contributed by atoms with Gasteiger partial charge in [-0.25, -0.2) is 13.2 Å². The van der Waals surface area contributed by atoms with Crippen molar-refractivity contribution in [3.63, 3.8) is 0 Å². The molecule has 2 aromatic rings. The van der Waals surface area contributed by atoms with Crippen LogP contribution in [0.5, 0.6) is 0 Å². The number of hydrogen-bond acceptors (Lipinski definition) is 0. The maximum Gasteiger partial charge on any atom is 0.134 e. The molecule has 0 N–H and O–H groups in total. The van der Waals surface area contributed by atoms with Gasteiger partial charge in [-0.15, -0.1) is 0 Å². The lowest BCUT2D eigenvalue weighted by molar-refractivity contribution is 0.206. The quantitative estimate of drug-likeness (QED) is 0.489. The van der Waals surface area contributed by atoms with Gasteiger partial charge in [0, 0.05) is 0 Å². The molecule has 0 bridgehead atoms. The lowest BCUT2D eigenvalue weighted by Crippen LogP contribution is -2.21. The van der Waals surface area contributed by atoms with Crippen molar-refractivity contribution in [2.45, 2.75) is 58.8 Å². The highest BCUT2D eigenvalue weighted by molar-refractivity contribution is 5.65. The zero-order valence-electron chi connectivity index (χ0n) is 16.3. The van der Waals surface area contributed by atoms with Crippen molar-refractivity contribution in [1.29, 1.82) is 0 Å². The fourth-order valence-electron chi connectivity index (χ4n) is 4.66. The molecular weight excluding hydrogens is 345 g/mol. The Balaban J connectivity index is 1.69. The van der Waals surface area contributed by atoms with Crippen LogP contribution < -0.4 is 0 Å². The van der Waals surface area contributed by atoms with Crippen LogP contribution in [0.2, 0.25) is 0 Å². The van der Waals surface area contributed by atoms with Crippen molar-refractivity contribution in [2.24, 2.45) is 17.8 Å². The predicted octanol–water partition coefficient (Wildman–Crippen LogP) is 7.56. The summed E-state index contributed by atoms with van der Waals surface area (Å²) < 4.78 is 42.6. The maximum atomic E-state index is 14.6. The van der Waals surface area contributed by atoms with Crippen LogP contribution in [-0.2, 0) is 6.42 Å². The fraction of sp³-hybridized carbons (Fsp3) is 0.500. The second-order valence-electron chi connectivity index (χ2n) is 8.20. The molecule has 0 aromatic heterocycles. The van der Waals surface area contributed by atoms with E-state index < -0.39 is 17.5 Å². The Morgan fingerprint density at radius 1 is 0.963 bits per heavy atom. The SMILES string of the molecule is CCCC1CCC(C(C)Cc2cc(F)c(-c3cccc(F)c3)c(F)c2)CC1. The van der Waals surface area contributed by atoms with Crippen molar-refractivity contribution < 1.29 is 13.2 Å². The van der Waals surface area contributed by atoms with Crippen molar-refractivity contribution in [3.8, 4) is 11.1 Å². The first-order valence-electron chi connectivity index (χ1n) is 10.2. The van der Waals surface area contributed by atoms with Crippen LogP contribution in [0.4, 0.5) is 13.2 Å². The molecular formula is C24H29F3. The summed E-state index contributed by atoms with van der Waals surface area (Å²) in [5, 5.41) is 0. The summed E-state index contributed by atoms with van der Waals surface area (Å²) in [6.07, 6.45) is 8.26. The molecule has 3 heteroatoms. The van der Waals surface area contributed by atoms with Gasteiger partial charge in [-0.05, 0) is 72.4 Å². The van der Waals surface area contributed by atoms with Gasteiger partial charge < -0.3 is 0 Å². The Morgan fingerprint density at radius 2 is 1.63 bits per heavy atom. The molecule has 0 radical (unpaired) electrons. The summed E-state index contributed by atoms with van der Waals surface area (Å²) in [5.41, 5.74) is 0.776. The Morgan fingerprint density at radius 3 is 2.22 bits per heavy atom. The number of benzene rings is 2. The van der Waals surface area contributed by atoms with E-state index in [0.29, 0.717) is 23.8 Å². The van der Waals surface area contributed by atoms with E-state index in [9.17, 15) is 13.2 Å². The van der Waals surface area contributed by atoms with E-state index in [0.717, 1.165) is 5.92 Å². The molecule has 0 heterocycles. The van der Waals surface area contributed by atoms with E-state index in [1.807, 2.05) is 0 Å². The average Bonchev–Trinajstić information content (AvgIpc) is 2.62. The van der Waals surface area contributed by atoms with E-state index >= 15 is 0 Å². The molecule has 1 aliphatic carbocycles. The fourth-order valence-corrected chi connectivity index (χ4v) is 4.66. The molecule has 0 spiro atoms. The molecule has 27 heavy (non-hydrogen) atoms. The molecule has 1 fully saturated rings. The number of halogens is 3. The van der Waals surface area contributed by atoms with Gasteiger partial charge in [-0.2, -0.15) is 0 Å². The summed E-state index contributed by atoms with van der Waals surface area (Å²) >= 11 is 0. The summed E-state index contributed by atoms with van der Waals surface area (Å²) in [5.74, 6) is 0.170. The molecule has 1 unspecified atom stereocenters. The third-order valence-electron chi connectivity index (χ3n) is 6.17. The monoisotopic (exact) mass is 374 g/mol. The number of hydrogen-bond donors (Lipinski definition) is 0. The van der Waals surface area contributed by atoms with Gasteiger partial charge in [0.25, 0.3) is 0 Å². The third-order valence-corrected chi connectivity index (χ3v) is 6.17. The summed E-state index contributed by atoms with van der Waals surface area (Å²) in [7, 11) is 0. The highest BCUT2D eigenvalue weighted by Crippen LogP contribution is 2.37. The molecule has 0 aliphatic heterocycles. The molecule has 146 valence electrons. The van der Waals surface area contributed by atoms with E-state index in [4.69, 9.17) is 0 Å². The summed E-state index contributed by atoms with van der Waals surface area (Å²) in [6.45, 7) is 4.44. The second-order valence-corrected chi connectivity index (χ2v) is 8.20. The molecule has 0 saturated heterocycles. The Hall–Kier alpha value is -1.77. The second kappa shape index (κ2) is 8.95. The van der Waals surface area contributed by atoms with E-state index in [-0.39, 0.29) is 11.1 Å². The molecule has 1 aliphatic rings. The number of rotatable bonds is 6. The minimum absolute atomic E-state index is 0.147. The van der Waals surface area contributed by atoms with E-state index in [1.54, 1.807) is 0 Å².